The van der Waals surface area contributed by atoms with Gasteiger partial charge in [0.15, 0.2) is 5.78 Å². The zero-order chi connectivity index (χ0) is 18.1. The summed E-state index contributed by atoms with van der Waals surface area (Å²) in [6.07, 6.45) is 1.91. The highest BCUT2D eigenvalue weighted by Gasteiger charge is 2.33. The third-order valence-electron chi connectivity index (χ3n) is 4.26. The number of thioether (sulfide) groups is 1. The number of hydrogen-bond donors (Lipinski definition) is 3. The molecule has 0 bridgehead atoms. The third-order valence-corrected chi connectivity index (χ3v) is 5.03. The van der Waals surface area contributed by atoms with Gasteiger partial charge >= 0.3 is 0 Å². The van der Waals surface area contributed by atoms with Crippen LogP contribution in [0.25, 0.3) is 5.76 Å². The van der Waals surface area contributed by atoms with Crippen LogP contribution in [0, 0.1) is 0 Å². The first-order valence-corrected chi connectivity index (χ1v) is 9.01. The van der Waals surface area contributed by atoms with Crippen LogP contribution in [0.2, 0.25) is 0 Å². The predicted octanol–water partition coefficient (Wildman–Crippen LogP) is 3.63. The second-order valence-electron chi connectivity index (χ2n) is 5.83. The van der Waals surface area contributed by atoms with Gasteiger partial charge in [-0.25, -0.2) is 4.99 Å². The molecule has 2 aromatic carbocycles. The number of aliphatic imine (C=N–C) groups is 1. The molecule has 0 heterocycles. The van der Waals surface area contributed by atoms with Gasteiger partial charge in [-0.15, -0.1) is 11.8 Å². The fourth-order valence-corrected chi connectivity index (χ4v) is 3.50. The van der Waals surface area contributed by atoms with E-state index in [4.69, 9.17) is 11.5 Å². The zero-order valence-corrected chi connectivity index (χ0v) is 14.8. The van der Waals surface area contributed by atoms with Gasteiger partial charge in [0.25, 0.3) is 0 Å². The molecule has 1 aliphatic carbocycles. The summed E-state index contributed by atoms with van der Waals surface area (Å²) in [5, 5.41) is 10.6. The molecular formula is C19H19N3O2S. The molecule has 0 fully saturated rings. The van der Waals surface area contributed by atoms with Crippen LogP contribution in [-0.4, -0.2) is 23.0 Å². The van der Waals surface area contributed by atoms with Gasteiger partial charge in [-0.1, -0.05) is 31.2 Å². The maximum atomic E-state index is 12.7. The van der Waals surface area contributed by atoms with E-state index in [9.17, 15) is 9.90 Å². The van der Waals surface area contributed by atoms with E-state index in [1.165, 1.54) is 11.8 Å². The molecule has 3 rings (SSSR count). The highest BCUT2D eigenvalue weighted by Crippen LogP contribution is 2.36. The summed E-state index contributed by atoms with van der Waals surface area (Å²) in [5.74, 6) is -0.745. The van der Waals surface area contributed by atoms with E-state index in [1.807, 2.05) is 24.5 Å². The zero-order valence-electron chi connectivity index (χ0n) is 14.0. The van der Waals surface area contributed by atoms with Crippen LogP contribution in [-0.2, 0) is 4.79 Å². The van der Waals surface area contributed by atoms with Gasteiger partial charge in [0.05, 0.1) is 5.69 Å². The molecule has 0 aromatic heterocycles. The highest BCUT2D eigenvalue weighted by atomic mass is 32.2. The van der Waals surface area contributed by atoms with Gasteiger partial charge in [-0.05, 0) is 30.0 Å². The fourth-order valence-electron chi connectivity index (χ4n) is 2.92. The van der Waals surface area contributed by atoms with Crippen molar-refractivity contribution in [2.24, 2.45) is 10.7 Å². The third kappa shape index (κ3) is 3.00. The number of ketones is 1. The van der Waals surface area contributed by atoms with Crippen molar-refractivity contribution in [3.05, 3.63) is 59.2 Å². The molecule has 0 aliphatic heterocycles. The van der Waals surface area contributed by atoms with E-state index in [-0.39, 0.29) is 28.9 Å². The predicted molar refractivity (Wildman–Crippen MR) is 103 cm³/mol. The van der Waals surface area contributed by atoms with Gasteiger partial charge in [0, 0.05) is 22.1 Å². The standard InChI is InChI=1S/C19H19N3O2S/c1-10-12-5-3-4-6-13(12)18(24)16(17(10)23)19(21)22-14-8-7-11(20)9-15(14)25-2/h3-10,24H,20H2,1-2H3,(H2,21,22). The van der Waals surface area contributed by atoms with Crippen molar-refractivity contribution >= 4 is 40.5 Å². The summed E-state index contributed by atoms with van der Waals surface area (Å²) in [5.41, 5.74) is 14.6. The summed E-state index contributed by atoms with van der Waals surface area (Å²) in [6.45, 7) is 1.80. The van der Waals surface area contributed by atoms with Gasteiger partial charge in [0.2, 0.25) is 0 Å². The Bertz CT molecular complexity index is 919. The number of fused-ring (bicyclic) bond motifs is 1. The lowest BCUT2D eigenvalue weighted by molar-refractivity contribution is -0.116. The van der Waals surface area contributed by atoms with Crippen LogP contribution in [0.1, 0.15) is 24.0 Å². The molecule has 6 heteroatoms. The summed E-state index contributed by atoms with van der Waals surface area (Å²) in [4.78, 5) is 18.0. The van der Waals surface area contributed by atoms with Gasteiger partial charge in [-0.2, -0.15) is 0 Å². The van der Waals surface area contributed by atoms with E-state index in [1.54, 1.807) is 31.2 Å². The maximum Gasteiger partial charge on any atom is 0.177 e. The molecule has 0 radical (unpaired) electrons. The number of carbonyl (C=O) groups is 1. The van der Waals surface area contributed by atoms with E-state index >= 15 is 0 Å². The molecule has 1 aliphatic rings. The number of Topliss-reactive ketones (excluding diaryl/α,β-unsaturated/α-hetero) is 1. The molecule has 0 saturated heterocycles. The molecule has 1 atom stereocenters. The van der Waals surface area contributed by atoms with E-state index in [0.717, 1.165) is 10.5 Å². The molecule has 0 spiro atoms. The van der Waals surface area contributed by atoms with Crippen molar-refractivity contribution in [2.45, 2.75) is 17.7 Å². The average Bonchev–Trinajstić information content (AvgIpc) is 2.61. The van der Waals surface area contributed by atoms with Crippen LogP contribution >= 0.6 is 11.8 Å². The van der Waals surface area contributed by atoms with Crippen LogP contribution in [0.15, 0.2) is 57.9 Å². The number of rotatable bonds is 3. The molecule has 25 heavy (non-hydrogen) atoms. The number of nitrogens with two attached hydrogens (primary N) is 2. The van der Waals surface area contributed by atoms with Gasteiger partial charge in [0.1, 0.15) is 17.2 Å². The molecule has 0 saturated carbocycles. The number of anilines is 1. The Balaban J connectivity index is 2.13. The van der Waals surface area contributed by atoms with Gasteiger partial charge in [-0.3, -0.25) is 4.79 Å². The Hall–Kier alpha value is -2.73. The van der Waals surface area contributed by atoms with E-state index in [0.29, 0.717) is 16.9 Å². The Morgan fingerprint density at radius 2 is 1.96 bits per heavy atom. The molecule has 2 aromatic rings. The molecule has 1 unspecified atom stereocenters. The molecule has 128 valence electrons. The summed E-state index contributed by atoms with van der Waals surface area (Å²) in [6, 6.07) is 12.5. The lowest BCUT2D eigenvalue weighted by Crippen LogP contribution is -2.29. The minimum atomic E-state index is -0.387. The van der Waals surface area contributed by atoms with Crippen LogP contribution in [0.4, 0.5) is 11.4 Å². The SMILES string of the molecule is CSc1cc(N)ccc1N=C(N)C1=C(O)c2ccccc2C(C)C1=O. The molecule has 5 N–H and O–H groups in total. The Morgan fingerprint density at radius 1 is 1.24 bits per heavy atom. The molecule has 0 amide bonds. The fraction of sp³-hybridized carbons (Fsp3) is 0.158. The van der Waals surface area contributed by atoms with Crippen molar-refractivity contribution in [3.8, 4) is 0 Å². The monoisotopic (exact) mass is 353 g/mol. The van der Waals surface area contributed by atoms with Crippen molar-refractivity contribution < 1.29 is 9.90 Å². The number of aliphatic hydroxyl groups excluding tert-OH is 1. The smallest absolute Gasteiger partial charge is 0.177 e. The minimum Gasteiger partial charge on any atom is -0.506 e. The van der Waals surface area contributed by atoms with Gasteiger partial charge < -0.3 is 16.6 Å². The first-order valence-electron chi connectivity index (χ1n) is 7.78. The molecule has 5 nitrogen and oxygen atoms in total. The highest BCUT2D eigenvalue weighted by molar-refractivity contribution is 7.98. The first-order chi connectivity index (χ1) is 11.9. The van der Waals surface area contributed by atoms with Crippen molar-refractivity contribution in [2.75, 3.05) is 12.0 Å². The number of carbonyl (C=O) groups excluding carboxylic acids is 1. The lowest BCUT2D eigenvalue weighted by Gasteiger charge is -2.23. The second kappa shape index (κ2) is 6.64. The minimum absolute atomic E-state index is 0.00363. The van der Waals surface area contributed by atoms with Crippen molar-refractivity contribution in [3.63, 3.8) is 0 Å². The van der Waals surface area contributed by atoms with E-state index in [2.05, 4.69) is 4.99 Å². The van der Waals surface area contributed by atoms with Crippen LogP contribution in [0.3, 0.4) is 0 Å². The number of nitrogen functional groups attached to an aromatic ring is 1. The number of amidine groups is 1. The van der Waals surface area contributed by atoms with Crippen LogP contribution < -0.4 is 11.5 Å². The number of hydrogen-bond acceptors (Lipinski definition) is 5. The summed E-state index contributed by atoms with van der Waals surface area (Å²) >= 11 is 1.48. The normalized spacial score (nSPS) is 17.6. The second-order valence-corrected chi connectivity index (χ2v) is 6.67. The average molecular weight is 353 g/mol. The van der Waals surface area contributed by atoms with Crippen molar-refractivity contribution in [1.82, 2.24) is 0 Å². The Labute approximate surface area is 150 Å². The Kier molecular flexibility index (Phi) is 4.55. The first kappa shape index (κ1) is 17.1. The number of aliphatic hydroxyl groups is 1. The van der Waals surface area contributed by atoms with Crippen LogP contribution in [0.5, 0.6) is 0 Å². The largest absolute Gasteiger partial charge is 0.506 e. The summed E-state index contributed by atoms with van der Waals surface area (Å²) < 4.78 is 0. The topological polar surface area (TPSA) is 102 Å². The Morgan fingerprint density at radius 3 is 2.68 bits per heavy atom. The summed E-state index contributed by atoms with van der Waals surface area (Å²) in [7, 11) is 0. The van der Waals surface area contributed by atoms with E-state index < -0.39 is 0 Å². The lowest BCUT2D eigenvalue weighted by atomic mass is 9.81. The number of benzene rings is 2. The maximum absolute atomic E-state index is 12.7. The quantitative estimate of drug-likeness (QED) is 0.338. The molecular weight excluding hydrogens is 334 g/mol. The van der Waals surface area contributed by atoms with Crippen molar-refractivity contribution in [1.29, 1.82) is 0 Å². The number of nitrogens with zero attached hydrogens (tertiary/aromatic N) is 1.